The van der Waals surface area contributed by atoms with Gasteiger partial charge >= 0.3 is 0 Å². The van der Waals surface area contributed by atoms with Crippen LogP contribution >= 0.6 is 0 Å². The molecule has 296 valence electrons. The Morgan fingerprint density at radius 1 is 0.397 bits per heavy atom. The van der Waals surface area contributed by atoms with Gasteiger partial charge in [-0.15, -0.1) is 0 Å². The molecule has 0 amide bonds. The van der Waals surface area contributed by atoms with Gasteiger partial charge in [0.25, 0.3) is 0 Å². The van der Waals surface area contributed by atoms with E-state index in [1.807, 2.05) is 72.8 Å². The predicted octanol–water partition coefficient (Wildman–Crippen LogP) is 16.8. The van der Waals surface area contributed by atoms with E-state index in [2.05, 4.69) is 4.57 Å². The van der Waals surface area contributed by atoms with Crippen molar-refractivity contribution in [2.75, 3.05) is 4.90 Å². The highest BCUT2D eigenvalue weighted by molar-refractivity contribution is 6.18. The van der Waals surface area contributed by atoms with E-state index in [9.17, 15) is 12.3 Å². The Hall–Kier alpha value is -8.40. The van der Waals surface area contributed by atoms with E-state index < -0.39 is 178 Å². The summed E-state index contributed by atoms with van der Waals surface area (Å²) < 4.78 is 210. The van der Waals surface area contributed by atoms with Gasteiger partial charge in [-0.1, -0.05) is 182 Å². The zero-order valence-electron chi connectivity index (χ0n) is 54.7. The maximum Gasteiger partial charge on any atom is 0.145 e. The maximum absolute atomic E-state index is 10.2. The van der Waals surface area contributed by atoms with Crippen molar-refractivity contribution < 1.29 is 34.6 Å². The summed E-state index contributed by atoms with van der Waals surface area (Å²) in [7, 11) is 0. The second kappa shape index (κ2) is 15.3. The summed E-state index contributed by atoms with van der Waals surface area (Å²) in [6.07, 6.45) is 0. The van der Waals surface area contributed by atoms with Crippen molar-refractivity contribution in [1.29, 1.82) is 0 Å². The lowest BCUT2D eigenvalue weighted by molar-refractivity contribution is 0.670. The molecule has 0 aliphatic rings. The molecule has 3 nitrogen and oxygen atoms in total. The molecule has 63 heavy (non-hydrogen) atoms. The van der Waals surface area contributed by atoms with Gasteiger partial charge in [-0.05, 0) is 88.4 Å². The van der Waals surface area contributed by atoms with Crippen LogP contribution in [0.25, 0.3) is 93.9 Å². The molecule has 0 radical (unpaired) electrons. The molecule has 0 bridgehead atoms. The zero-order valence-corrected chi connectivity index (χ0v) is 32.7. The normalized spacial score (nSPS) is 16.4. The largest absolute Gasteiger partial charge is 0.455 e. The molecule has 0 spiro atoms. The average Bonchev–Trinajstić information content (AvgIpc) is 1.61. The van der Waals surface area contributed by atoms with E-state index in [1.54, 1.807) is 30.3 Å². The summed E-state index contributed by atoms with van der Waals surface area (Å²) in [5, 5.41) is 2.40. The predicted molar refractivity (Wildman–Crippen MR) is 264 cm³/mol. The van der Waals surface area contributed by atoms with Crippen molar-refractivity contribution in [3.05, 3.63) is 242 Å². The minimum atomic E-state index is -1.03. The lowest BCUT2D eigenvalue weighted by Crippen LogP contribution is -2.12. The molecule has 2 heterocycles. The number of furan rings is 1. The van der Waals surface area contributed by atoms with E-state index in [0.717, 1.165) is 26.7 Å². The lowest BCUT2D eigenvalue weighted by Gasteiger charge is -2.29. The first-order chi connectivity index (χ1) is 40.4. The summed E-state index contributed by atoms with van der Waals surface area (Å²) in [5.74, 6) is 0. The first-order valence-electron chi connectivity index (χ1n) is 30.7. The van der Waals surface area contributed by atoms with Crippen LogP contribution < -0.4 is 4.90 Å². The molecule has 10 aromatic carbocycles. The number of hydrogen-bond acceptors (Lipinski definition) is 2. The number of fused-ring (bicyclic) bond motifs is 6. The van der Waals surface area contributed by atoms with Crippen LogP contribution in [-0.2, 0) is 0 Å². The van der Waals surface area contributed by atoms with E-state index in [-0.39, 0.29) is 22.2 Å². The minimum Gasteiger partial charge on any atom is -0.455 e. The molecule has 0 N–H and O–H groups in total. The third-order valence-electron chi connectivity index (χ3n) is 10.9. The molecule has 0 saturated heterocycles. The molecule has 0 saturated carbocycles. The summed E-state index contributed by atoms with van der Waals surface area (Å²) in [5.41, 5.74) is -2.52. The van der Waals surface area contributed by atoms with Crippen LogP contribution in [0, 0.1) is 0 Å². The molecule has 2 aromatic heterocycles. The van der Waals surface area contributed by atoms with Gasteiger partial charge in [0.15, 0.2) is 0 Å². The molecule has 0 unspecified atom stereocenters. The Kier molecular flexibility index (Phi) is 4.95. The average molecular weight is 827 g/mol. The highest BCUT2D eigenvalue weighted by atomic mass is 16.3. The minimum absolute atomic E-state index is 0.117. The van der Waals surface area contributed by atoms with Crippen molar-refractivity contribution in [2.45, 2.75) is 0 Å². The fourth-order valence-electron chi connectivity index (χ4n) is 8.18. The van der Waals surface area contributed by atoms with Crippen molar-refractivity contribution in [3.8, 4) is 50.2 Å². The molecule has 12 aromatic rings. The van der Waals surface area contributed by atoms with Gasteiger partial charge in [0.05, 0.1) is 63.6 Å². The first kappa shape index (κ1) is 20.4. The van der Waals surface area contributed by atoms with Gasteiger partial charge in [0.1, 0.15) is 11.2 Å². The van der Waals surface area contributed by atoms with Crippen LogP contribution in [0.2, 0.25) is 0 Å². The van der Waals surface area contributed by atoms with Crippen molar-refractivity contribution >= 4 is 60.8 Å². The van der Waals surface area contributed by atoms with Gasteiger partial charge in [0, 0.05) is 38.5 Å². The lowest BCUT2D eigenvalue weighted by atomic mass is 9.95. The fourth-order valence-corrected chi connectivity index (χ4v) is 8.18. The number of para-hydroxylation sites is 4. The van der Waals surface area contributed by atoms with Crippen LogP contribution in [0.3, 0.4) is 0 Å². The number of nitrogens with zero attached hydrogens (tertiary/aromatic N) is 2. The smallest absolute Gasteiger partial charge is 0.145 e. The summed E-state index contributed by atoms with van der Waals surface area (Å²) in [6, 6.07) is 12.6. The van der Waals surface area contributed by atoms with Gasteiger partial charge in [0.2, 0.25) is 0 Å². The third kappa shape index (κ3) is 6.21. The Balaban J connectivity index is 1.29. The Labute approximate surface area is 396 Å². The number of anilines is 3. The number of rotatable bonds is 8. The summed E-state index contributed by atoms with van der Waals surface area (Å²) >= 11 is 0. The zero-order chi connectivity index (χ0) is 60.8. The van der Waals surface area contributed by atoms with Gasteiger partial charge in [-0.3, -0.25) is 0 Å². The Morgan fingerprint density at radius 2 is 0.937 bits per heavy atom. The van der Waals surface area contributed by atoms with E-state index in [1.165, 1.54) is 6.07 Å². The van der Waals surface area contributed by atoms with Gasteiger partial charge in [-0.2, -0.15) is 0 Å². The number of hydrogen-bond donors (Lipinski definition) is 0. The highest BCUT2D eigenvalue weighted by Crippen LogP contribution is 2.50. The molecule has 12 rings (SSSR count). The van der Waals surface area contributed by atoms with Crippen LogP contribution in [-0.4, -0.2) is 4.57 Å². The van der Waals surface area contributed by atoms with Crippen molar-refractivity contribution in [1.82, 2.24) is 4.57 Å². The quantitative estimate of drug-likeness (QED) is 0.152. The van der Waals surface area contributed by atoms with Crippen molar-refractivity contribution in [2.24, 2.45) is 0 Å². The molecule has 0 aliphatic heterocycles. The van der Waals surface area contributed by atoms with Crippen LogP contribution in [0.4, 0.5) is 17.1 Å². The molecular formula is C60H40N2O. The van der Waals surface area contributed by atoms with Crippen LogP contribution in [0.1, 0.15) is 30.2 Å². The van der Waals surface area contributed by atoms with Crippen molar-refractivity contribution in [3.63, 3.8) is 0 Å². The first-order valence-corrected chi connectivity index (χ1v) is 19.7. The maximum atomic E-state index is 10.2. The highest BCUT2D eigenvalue weighted by Gasteiger charge is 2.26. The molecule has 3 heteroatoms. The Bertz CT molecular complexity index is 4790. The molecule has 0 aliphatic carbocycles. The SMILES string of the molecule is [2H]c1c([2H])c([2H])c(-c2c([2H])c([2H])c(N(c3c([2H])c([2H])c(-c4c([2H])c([2H])c([2H])c([2H])c4[2H])c([2H])c3-c3c([2H])c([2H])c([2H])c([2H])c3[2H])c3ccc(-c4ccccc4-n4c5ccccc5c5ccccc54)c4oc5ccccc5c34)c([2H])c2[2H])c([2H])c1[2H]. The molecule has 0 atom stereocenters. The number of aromatic nitrogens is 1. The monoisotopic (exact) mass is 826 g/mol. The van der Waals surface area contributed by atoms with Gasteiger partial charge in [-0.25, -0.2) is 0 Å². The molecule has 0 fully saturated rings. The summed E-state index contributed by atoms with van der Waals surface area (Å²) in [6.45, 7) is 0. The third-order valence-corrected chi connectivity index (χ3v) is 10.9. The topological polar surface area (TPSA) is 21.3 Å². The fraction of sp³-hybridized carbons (Fsp3) is 0. The standard InChI is InChI=1S/C60H40N2O/c1-4-18-41(19-5-1)43-32-35-46(36-33-43)61(56-38-34-45(42-20-6-2-7-21-42)40-52(56)44-22-8-3-9-23-44)57-39-37-50(60-59(57)51-27-13-17-31-58(51)63-60)49-26-12-16-30-55(49)62-53-28-14-10-24-47(53)48-25-11-15-29-54(48)62/h1-40H/i1D,2D,3D,4D,5D,6D,7D,8D,9D,18D,19D,20D,21D,22D,23D,32D,33D,34D,35D,36D,38D,40D. The van der Waals surface area contributed by atoms with E-state index in [0.29, 0.717) is 22.2 Å². The summed E-state index contributed by atoms with van der Waals surface area (Å²) in [4.78, 5) is 0.958. The van der Waals surface area contributed by atoms with Gasteiger partial charge < -0.3 is 13.9 Å². The molecular weight excluding hydrogens is 765 g/mol. The van der Waals surface area contributed by atoms with E-state index in [4.69, 9.17) is 22.2 Å². The van der Waals surface area contributed by atoms with Crippen LogP contribution in [0.15, 0.2) is 247 Å². The van der Waals surface area contributed by atoms with Crippen LogP contribution in [0.5, 0.6) is 0 Å². The second-order valence-electron chi connectivity index (χ2n) is 14.4. The Morgan fingerprint density at radius 3 is 1.62 bits per heavy atom. The van der Waals surface area contributed by atoms with E-state index >= 15 is 0 Å². The second-order valence-corrected chi connectivity index (χ2v) is 14.4. The number of benzene rings is 10.